The summed E-state index contributed by atoms with van der Waals surface area (Å²) in [5.74, 6) is -1.09. The van der Waals surface area contributed by atoms with Crippen LogP contribution in [0.1, 0.15) is 19.4 Å². The van der Waals surface area contributed by atoms with Gasteiger partial charge in [0.25, 0.3) is 11.8 Å². The zero-order chi connectivity index (χ0) is 12.4. The molecule has 2 atom stereocenters. The van der Waals surface area contributed by atoms with Crippen molar-refractivity contribution < 1.29 is 14.4 Å². The highest BCUT2D eigenvalue weighted by Crippen LogP contribution is 2.25. The van der Waals surface area contributed by atoms with E-state index in [9.17, 15) is 9.59 Å². The Bertz CT molecular complexity index is 410. The van der Waals surface area contributed by atoms with Gasteiger partial charge in [0.1, 0.15) is 6.61 Å². The normalized spacial score (nSPS) is 24.5. The van der Waals surface area contributed by atoms with Gasteiger partial charge < -0.3 is 0 Å². The van der Waals surface area contributed by atoms with E-state index in [0.29, 0.717) is 0 Å². The first-order chi connectivity index (χ1) is 8.11. The van der Waals surface area contributed by atoms with E-state index in [1.54, 1.807) is 13.8 Å². The summed E-state index contributed by atoms with van der Waals surface area (Å²) in [5, 5.41) is 0.905. The Morgan fingerprint density at radius 3 is 2.12 bits per heavy atom. The molecule has 0 radical (unpaired) electrons. The maximum absolute atomic E-state index is 11.7. The number of carbonyl (C=O) groups excluding carboxylic acids is 2. The van der Waals surface area contributed by atoms with E-state index in [2.05, 4.69) is 0 Å². The number of carbonyl (C=O) groups is 2. The average molecular weight is 233 g/mol. The molecule has 0 N–H and O–H groups in total. The van der Waals surface area contributed by atoms with Crippen molar-refractivity contribution in [2.45, 2.75) is 20.5 Å². The van der Waals surface area contributed by atoms with E-state index < -0.39 is 0 Å². The van der Waals surface area contributed by atoms with Crippen molar-refractivity contribution in [2.75, 3.05) is 0 Å². The number of benzene rings is 1. The van der Waals surface area contributed by atoms with Crippen LogP contribution in [0.3, 0.4) is 0 Å². The minimum Gasteiger partial charge on any atom is -0.272 e. The van der Waals surface area contributed by atoms with Crippen LogP contribution in [0.15, 0.2) is 30.3 Å². The molecule has 0 spiro atoms. The highest BCUT2D eigenvalue weighted by molar-refractivity contribution is 6.03. The topological polar surface area (TPSA) is 46.6 Å². The van der Waals surface area contributed by atoms with Crippen LogP contribution in [0.5, 0.6) is 0 Å². The molecule has 17 heavy (non-hydrogen) atoms. The second kappa shape index (κ2) is 4.67. The van der Waals surface area contributed by atoms with Crippen molar-refractivity contribution in [2.24, 2.45) is 11.8 Å². The molecule has 0 aromatic heterocycles. The first kappa shape index (κ1) is 11.8. The van der Waals surface area contributed by atoms with Crippen LogP contribution in [0.4, 0.5) is 0 Å². The predicted octanol–water partition coefficient (Wildman–Crippen LogP) is 1.76. The molecule has 4 nitrogen and oxygen atoms in total. The summed E-state index contributed by atoms with van der Waals surface area (Å²) in [6.45, 7) is 3.73. The average Bonchev–Trinajstić information content (AvgIpc) is 2.54. The molecule has 0 aliphatic carbocycles. The summed E-state index contributed by atoms with van der Waals surface area (Å²) in [6.07, 6.45) is 0. The molecular formula is C13H15NO3. The minimum absolute atomic E-state index is 0.234. The molecule has 2 unspecified atom stereocenters. The van der Waals surface area contributed by atoms with E-state index in [-0.39, 0.29) is 30.3 Å². The monoisotopic (exact) mass is 233 g/mol. The Hall–Kier alpha value is -1.68. The largest absolute Gasteiger partial charge is 0.272 e. The number of hydroxylamine groups is 2. The summed E-state index contributed by atoms with van der Waals surface area (Å²) in [5.41, 5.74) is 0.931. The van der Waals surface area contributed by atoms with E-state index in [1.165, 1.54) is 0 Å². The summed E-state index contributed by atoms with van der Waals surface area (Å²) < 4.78 is 0. The number of hydrogen-bond donors (Lipinski definition) is 0. The molecule has 1 aromatic rings. The number of rotatable bonds is 3. The lowest BCUT2D eigenvalue weighted by molar-refractivity contribution is -0.192. The second-order valence-corrected chi connectivity index (χ2v) is 4.31. The molecule has 2 amide bonds. The third kappa shape index (κ3) is 2.22. The van der Waals surface area contributed by atoms with Crippen molar-refractivity contribution in [3.05, 3.63) is 35.9 Å². The number of imide groups is 1. The first-order valence-corrected chi connectivity index (χ1v) is 5.66. The van der Waals surface area contributed by atoms with Crippen LogP contribution in [0.2, 0.25) is 0 Å². The molecule has 2 rings (SSSR count). The molecule has 90 valence electrons. The van der Waals surface area contributed by atoms with Gasteiger partial charge in [-0.15, -0.1) is 0 Å². The number of hydrogen-bond acceptors (Lipinski definition) is 3. The standard InChI is InChI=1S/C13H15NO3/c1-9-10(2)13(16)14(12(9)15)17-8-11-6-4-3-5-7-11/h3-7,9-10H,8H2,1-2H3. The molecule has 1 aliphatic rings. The van der Waals surface area contributed by atoms with Crippen LogP contribution < -0.4 is 0 Å². The second-order valence-electron chi connectivity index (χ2n) is 4.31. The van der Waals surface area contributed by atoms with Crippen molar-refractivity contribution in [1.82, 2.24) is 5.06 Å². The van der Waals surface area contributed by atoms with Crippen LogP contribution in [-0.4, -0.2) is 16.9 Å². The third-order valence-electron chi connectivity index (χ3n) is 3.13. The molecular weight excluding hydrogens is 218 g/mol. The highest BCUT2D eigenvalue weighted by atomic mass is 16.7. The van der Waals surface area contributed by atoms with Gasteiger partial charge in [0.05, 0.1) is 0 Å². The van der Waals surface area contributed by atoms with Gasteiger partial charge in [-0.1, -0.05) is 44.2 Å². The van der Waals surface area contributed by atoms with Crippen LogP contribution in [0, 0.1) is 11.8 Å². The van der Waals surface area contributed by atoms with E-state index >= 15 is 0 Å². The maximum atomic E-state index is 11.7. The van der Waals surface area contributed by atoms with Crippen molar-refractivity contribution in [3.8, 4) is 0 Å². The van der Waals surface area contributed by atoms with Gasteiger partial charge in [-0.3, -0.25) is 14.4 Å². The summed E-state index contributed by atoms with van der Waals surface area (Å²) in [7, 11) is 0. The Labute approximate surface area is 100 Å². The highest BCUT2D eigenvalue weighted by Gasteiger charge is 2.43. The molecule has 0 bridgehead atoms. The third-order valence-corrected chi connectivity index (χ3v) is 3.13. The van der Waals surface area contributed by atoms with Gasteiger partial charge in [0.2, 0.25) is 0 Å². The van der Waals surface area contributed by atoms with E-state index in [4.69, 9.17) is 4.84 Å². The van der Waals surface area contributed by atoms with Crippen LogP contribution in [-0.2, 0) is 21.0 Å². The predicted molar refractivity (Wildman–Crippen MR) is 61.4 cm³/mol. The van der Waals surface area contributed by atoms with Crippen molar-refractivity contribution >= 4 is 11.8 Å². The molecule has 1 saturated heterocycles. The molecule has 1 heterocycles. The fourth-order valence-electron chi connectivity index (χ4n) is 1.75. The van der Waals surface area contributed by atoms with Gasteiger partial charge in [-0.25, -0.2) is 0 Å². The van der Waals surface area contributed by atoms with E-state index in [0.717, 1.165) is 10.6 Å². The molecule has 1 fully saturated rings. The Morgan fingerprint density at radius 1 is 1.06 bits per heavy atom. The zero-order valence-electron chi connectivity index (χ0n) is 9.92. The number of nitrogens with zero attached hydrogens (tertiary/aromatic N) is 1. The molecule has 4 heteroatoms. The molecule has 0 saturated carbocycles. The fourth-order valence-corrected chi connectivity index (χ4v) is 1.75. The minimum atomic E-state index is -0.293. The van der Waals surface area contributed by atoms with Gasteiger partial charge >= 0.3 is 0 Å². The van der Waals surface area contributed by atoms with Crippen molar-refractivity contribution in [3.63, 3.8) is 0 Å². The SMILES string of the molecule is CC1C(=O)N(OCc2ccccc2)C(=O)C1C. The summed E-state index contributed by atoms with van der Waals surface area (Å²) >= 11 is 0. The van der Waals surface area contributed by atoms with Crippen LogP contribution in [0.25, 0.3) is 0 Å². The fraction of sp³-hybridized carbons (Fsp3) is 0.385. The Balaban J connectivity index is 2.01. The molecule has 1 aromatic carbocycles. The number of amides is 2. The van der Waals surface area contributed by atoms with Gasteiger partial charge in [-0.2, -0.15) is 5.06 Å². The van der Waals surface area contributed by atoms with E-state index in [1.807, 2.05) is 30.3 Å². The first-order valence-electron chi connectivity index (χ1n) is 5.66. The lowest BCUT2D eigenvalue weighted by Crippen LogP contribution is -2.30. The van der Waals surface area contributed by atoms with Gasteiger partial charge in [0.15, 0.2) is 0 Å². The Morgan fingerprint density at radius 2 is 1.59 bits per heavy atom. The quantitative estimate of drug-likeness (QED) is 0.747. The summed E-state index contributed by atoms with van der Waals surface area (Å²) in [6, 6.07) is 9.45. The lowest BCUT2D eigenvalue weighted by atomic mass is 10.00. The zero-order valence-corrected chi connectivity index (χ0v) is 9.92. The van der Waals surface area contributed by atoms with Gasteiger partial charge in [-0.05, 0) is 5.56 Å². The lowest BCUT2D eigenvalue weighted by Gasteiger charge is -2.13. The van der Waals surface area contributed by atoms with Gasteiger partial charge in [0, 0.05) is 11.8 Å². The summed E-state index contributed by atoms with van der Waals surface area (Å²) in [4.78, 5) is 28.7. The smallest absolute Gasteiger partial charge is 0.257 e. The molecule has 1 aliphatic heterocycles. The Kier molecular flexibility index (Phi) is 3.24. The van der Waals surface area contributed by atoms with Crippen LogP contribution >= 0.6 is 0 Å². The van der Waals surface area contributed by atoms with Crippen molar-refractivity contribution in [1.29, 1.82) is 0 Å². The maximum Gasteiger partial charge on any atom is 0.257 e.